The zero-order valence-electron chi connectivity index (χ0n) is 9.37. The van der Waals surface area contributed by atoms with Gasteiger partial charge in [-0.1, -0.05) is 0 Å². The molecule has 0 aromatic heterocycles. The highest BCUT2D eigenvalue weighted by molar-refractivity contribution is 5.77. The molecule has 0 unspecified atom stereocenters. The molecule has 0 bridgehead atoms. The SMILES string of the molecule is O=C(CCCO)NCCNC(=O)CCCO. The Morgan fingerprint density at radius 2 is 1.19 bits per heavy atom. The maximum absolute atomic E-state index is 11.1. The molecule has 2 amide bonds. The number of hydrogen-bond donors (Lipinski definition) is 4. The number of amides is 2. The molecule has 0 heterocycles. The minimum absolute atomic E-state index is 0.00527. The quantitative estimate of drug-likeness (QED) is 0.374. The summed E-state index contributed by atoms with van der Waals surface area (Å²) in [6.07, 6.45) is 1.51. The van der Waals surface area contributed by atoms with E-state index in [1.54, 1.807) is 0 Å². The van der Waals surface area contributed by atoms with Crippen LogP contribution in [0.5, 0.6) is 0 Å². The molecule has 0 aromatic carbocycles. The van der Waals surface area contributed by atoms with Gasteiger partial charge < -0.3 is 20.8 Å². The average Bonchev–Trinajstić information content (AvgIpc) is 2.29. The standard InChI is InChI=1S/C10H20N2O4/c13-7-1-3-9(15)11-5-6-12-10(16)4-2-8-14/h13-14H,1-8H2,(H,11,15)(H,12,16). The fraction of sp³-hybridized carbons (Fsp3) is 0.800. The third-order valence-electron chi connectivity index (χ3n) is 1.89. The number of aliphatic hydroxyl groups excluding tert-OH is 2. The van der Waals surface area contributed by atoms with E-state index >= 15 is 0 Å². The second-order valence-corrected chi connectivity index (χ2v) is 3.35. The third-order valence-corrected chi connectivity index (χ3v) is 1.89. The zero-order chi connectivity index (χ0) is 12.2. The van der Waals surface area contributed by atoms with E-state index in [2.05, 4.69) is 10.6 Å². The Morgan fingerprint density at radius 1 is 0.812 bits per heavy atom. The lowest BCUT2D eigenvalue weighted by atomic mass is 10.3. The monoisotopic (exact) mass is 232 g/mol. The van der Waals surface area contributed by atoms with Crippen molar-refractivity contribution in [1.29, 1.82) is 0 Å². The van der Waals surface area contributed by atoms with Gasteiger partial charge in [-0.25, -0.2) is 0 Å². The van der Waals surface area contributed by atoms with Crippen molar-refractivity contribution in [2.24, 2.45) is 0 Å². The Hall–Kier alpha value is -1.14. The number of nitrogens with one attached hydrogen (secondary N) is 2. The van der Waals surface area contributed by atoms with E-state index < -0.39 is 0 Å². The maximum atomic E-state index is 11.1. The molecule has 0 atom stereocenters. The summed E-state index contributed by atoms with van der Waals surface area (Å²) >= 11 is 0. The summed E-state index contributed by atoms with van der Waals surface area (Å²) in [5.74, 6) is -0.252. The number of carbonyl (C=O) groups is 2. The van der Waals surface area contributed by atoms with E-state index in [0.717, 1.165) is 0 Å². The second kappa shape index (κ2) is 10.4. The Bertz CT molecular complexity index is 187. The number of carbonyl (C=O) groups excluding carboxylic acids is 2. The summed E-state index contributed by atoms with van der Waals surface area (Å²) in [4.78, 5) is 22.1. The fourth-order valence-corrected chi connectivity index (χ4v) is 1.06. The first-order valence-corrected chi connectivity index (χ1v) is 5.45. The number of rotatable bonds is 9. The summed E-state index contributed by atoms with van der Waals surface area (Å²) in [7, 11) is 0. The van der Waals surface area contributed by atoms with Crippen molar-refractivity contribution >= 4 is 11.8 Å². The van der Waals surface area contributed by atoms with Crippen LogP contribution < -0.4 is 10.6 Å². The first-order chi connectivity index (χ1) is 7.70. The zero-order valence-corrected chi connectivity index (χ0v) is 9.37. The average molecular weight is 232 g/mol. The van der Waals surface area contributed by atoms with E-state index in [0.29, 0.717) is 38.8 Å². The van der Waals surface area contributed by atoms with Gasteiger partial charge in [0, 0.05) is 39.1 Å². The van der Waals surface area contributed by atoms with Gasteiger partial charge in [-0.3, -0.25) is 9.59 Å². The van der Waals surface area contributed by atoms with E-state index in [4.69, 9.17) is 10.2 Å². The molecule has 0 rings (SSSR count). The van der Waals surface area contributed by atoms with Crippen molar-refractivity contribution in [2.75, 3.05) is 26.3 Å². The Labute approximate surface area is 95.0 Å². The van der Waals surface area contributed by atoms with Crippen LogP contribution in [0.15, 0.2) is 0 Å². The van der Waals surface area contributed by atoms with Crippen molar-refractivity contribution in [2.45, 2.75) is 25.7 Å². The second-order valence-electron chi connectivity index (χ2n) is 3.35. The van der Waals surface area contributed by atoms with Crippen molar-refractivity contribution in [1.82, 2.24) is 10.6 Å². The van der Waals surface area contributed by atoms with Crippen LogP contribution in [0.3, 0.4) is 0 Å². The smallest absolute Gasteiger partial charge is 0.220 e. The topological polar surface area (TPSA) is 98.7 Å². The normalized spacial score (nSPS) is 9.88. The van der Waals surface area contributed by atoms with Gasteiger partial charge in [0.15, 0.2) is 0 Å². The van der Waals surface area contributed by atoms with Crippen LogP contribution in [0, 0.1) is 0 Å². The highest BCUT2D eigenvalue weighted by Gasteiger charge is 2.01. The highest BCUT2D eigenvalue weighted by Crippen LogP contribution is 1.87. The highest BCUT2D eigenvalue weighted by atomic mass is 16.3. The van der Waals surface area contributed by atoms with E-state index in [1.807, 2.05) is 0 Å². The minimum Gasteiger partial charge on any atom is -0.396 e. The van der Waals surface area contributed by atoms with Crippen molar-refractivity contribution in [3.63, 3.8) is 0 Å². The third kappa shape index (κ3) is 9.42. The molecule has 94 valence electrons. The van der Waals surface area contributed by atoms with Crippen LogP contribution in [0.2, 0.25) is 0 Å². The van der Waals surface area contributed by atoms with Gasteiger partial charge in [0.25, 0.3) is 0 Å². The van der Waals surface area contributed by atoms with Gasteiger partial charge in [0.05, 0.1) is 0 Å². The van der Waals surface area contributed by atoms with E-state index in [-0.39, 0.29) is 25.0 Å². The maximum Gasteiger partial charge on any atom is 0.220 e. The Balaban J connectivity index is 3.31. The molecule has 4 N–H and O–H groups in total. The lowest BCUT2D eigenvalue weighted by Gasteiger charge is -2.06. The predicted octanol–water partition coefficient (Wildman–Crippen LogP) is -1.24. The first kappa shape index (κ1) is 14.9. The number of hydrogen-bond acceptors (Lipinski definition) is 4. The predicted molar refractivity (Wildman–Crippen MR) is 58.7 cm³/mol. The lowest BCUT2D eigenvalue weighted by Crippen LogP contribution is -2.34. The van der Waals surface area contributed by atoms with Crippen molar-refractivity contribution in [3.05, 3.63) is 0 Å². The molecule has 0 aliphatic carbocycles. The molecule has 16 heavy (non-hydrogen) atoms. The first-order valence-electron chi connectivity index (χ1n) is 5.45. The largest absolute Gasteiger partial charge is 0.396 e. The molecular formula is C10H20N2O4. The summed E-state index contributed by atoms with van der Waals surface area (Å²) < 4.78 is 0. The van der Waals surface area contributed by atoms with Crippen LogP contribution in [0.25, 0.3) is 0 Å². The molecule has 6 nitrogen and oxygen atoms in total. The van der Waals surface area contributed by atoms with Gasteiger partial charge in [-0.2, -0.15) is 0 Å². The Kier molecular flexibility index (Phi) is 9.64. The van der Waals surface area contributed by atoms with Gasteiger partial charge in [0.2, 0.25) is 11.8 Å². The molecule has 0 radical (unpaired) electrons. The van der Waals surface area contributed by atoms with Crippen LogP contribution in [0.1, 0.15) is 25.7 Å². The summed E-state index contributed by atoms with van der Waals surface area (Å²) in [5, 5.41) is 22.2. The minimum atomic E-state index is -0.126. The fourth-order valence-electron chi connectivity index (χ4n) is 1.06. The van der Waals surface area contributed by atoms with E-state index in [1.165, 1.54) is 0 Å². The van der Waals surface area contributed by atoms with Crippen LogP contribution in [0.4, 0.5) is 0 Å². The van der Waals surface area contributed by atoms with Crippen LogP contribution in [-0.2, 0) is 9.59 Å². The van der Waals surface area contributed by atoms with E-state index in [9.17, 15) is 9.59 Å². The summed E-state index contributed by atoms with van der Waals surface area (Å²) in [5.41, 5.74) is 0. The van der Waals surface area contributed by atoms with Crippen LogP contribution in [-0.4, -0.2) is 48.3 Å². The molecule has 0 aliphatic rings. The molecule has 0 spiro atoms. The van der Waals surface area contributed by atoms with Gasteiger partial charge in [-0.05, 0) is 12.8 Å². The lowest BCUT2D eigenvalue weighted by molar-refractivity contribution is -0.123. The van der Waals surface area contributed by atoms with Crippen molar-refractivity contribution < 1.29 is 19.8 Å². The van der Waals surface area contributed by atoms with Gasteiger partial charge in [-0.15, -0.1) is 0 Å². The summed E-state index contributed by atoms with van der Waals surface area (Å²) in [6, 6.07) is 0. The van der Waals surface area contributed by atoms with Crippen LogP contribution >= 0.6 is 0 Å². The number of aliphatic hydroxyl groups is 2. The Morgan fingerprint density at radius 3 is 1.50 bits per heavy atom. The molecule has 0 fully saturated rings. The molecule has 0 saturated heterocycles. The molecule has 0 saturated carbocycles. The van der Waals surface area contributed by atoms with Gasteiger partial charge >= 0.3 is 0 Å². The summed E-state index contributed by atoms with van der Waals surface area (Å²) in [6.45, 7) is 0.779. The van der Waals surface area contributed by atoms with Crippen molar-refractivity contribution in [3.8, 4) is 0 Å². The molecular weight excluding hydrogens is 212 g/mol. The molecule has 6 heteroatoms. The van der Waals surface area contributed by atoms with Gasteiger partial charge in [0.1, 0.15) is 0 Å². The molecule has 0 aliphatic heterocycles. The molecule has 0 aromatic rings.